The number of hydrogen-bond donors (Lipinski definition) is 2. The van der Waals surface area contributed by atoms with Crippen molar-refractivity contribution in [2.45, 2.75) is 19.3 Å². The molecule has 1 aromatic rings. The minimum absolute atomic E-state index is 0. The van der Waals surface area contributed by atoms with Gasteiger partial charge in [0.05, 0.1) is 0 Å². The number of nitrogens with two attached hydrogens (primary N) is 2. The van der Waals surface area contributed by atoms with E-state index >= 15 is 0 Å². The predicted octanol–water partition coefficient (Wildman–Crippen LogP) is 1.52. The molecule has 0 unspecified atom stereocenters. The van der Waals surface area contributed by atoms with Crippen molar-refractivity contribution in [3.63, 3.8) is 0 Å². The molecule has 2 rings (SSSR count). The highest BCUT2D eigenvalue weighted by Gasteiger charge is 2.13. The summed E-state index contributed by atoms with van der Waals surface area (Å²) < 4.78 is 12.7. The zero-order valence-corrected chi connectivity index (χ0v) is 12.7. The van der Waals surface area contributed by atoms with Gasteiger partial charge in [-0.1, -0.05) is 12.1 Å². The van der Waals surface area contributed by atoms with Crippen molar-refractivity contribution in [2.24, 2.45) is 21.5 Å². The van der Waals surface area contributed by atoms with Crippen LogP contribution in [0.3, 0.4) is 0 Å². The van der Waals surface area contributed by atoms with Crippen molar-refractivity contribution in [1.82, 2.24) is 4.90 Å². The third kappa shape index (κ3) is 5.59. The summed E-state index contributed by atoms with van der Waals surface area (Å²) in [7, 11) is 0. The molecule has 1 aromatic carbocycles. The molecule has 0 bridgehead atoms. The lowest BCUT2D eigenvalue weighted by Crippen LogP contribution is -2.36. The summed E-state index contributed by atoms with van der Waals surface area (Å²) in [6, 6.07) is 6.35. The van der Waals surface area contributed by atoms with E-state index in [1.165, 1.54) is 12.1 Å². The number of likely N-dealkylation sites (tertiary alicyclic amines) is 1. The maximum absolute atomic E-state index is 12.7. The molecular weight excluding hydrogens is 293 g/mol. The minimum Gasteiger partial charge on any atom is -0.369 e. The second kappa shape index (κ2) is 8.46. The number of halogens is 2. The van der Waals surface area contributed by atoms with Crippen LogP contribution >= 0.6 is 12.4 Å². The predicted molar refractivity (Wildman–Crippen MR) is 86.3 cm³/mol. The van der Waals surface area contributed by atoms with Gasteiger partial charge in [-0.15, -0.1) is 12.4 Å². The molecule has 1 aliphatic heterocycles. The van der Waals surface area contributed by atoms with Crippen LogP contribution in [0, 0.1) is 5.82 Å². The van der Waals surface area contributed by atoms with Crippen molar-refractivity contribution in [3.05, 3.63) is 35.6 Å². The normalized spacial score (nSPS) is 16.0. The van der Waals surface area contributed by atoms with Crippen molar-refractivity contribution in [1.29, 1.82) is 0 Å². The Labute approximate surface area is 130 Å². The fraction of sp³-hybridized carbons (Fsp3) is 0.429. The highest BCUT2D eigenvalue weighted by atomic mass is 35.5. The molecule has 4 N–H and O–H groups in total. The number of benzene rings is 1. The van der Waals surface area contributed by atoms with Crippen LogP contribution in [0.2, 0.25) is 0 Å². The lowest BCUT2D eigenvalue weighted by Gasteiger charge is -2.15. The fourth-order valence-electron chi connectivity index (χ4n) is 2.12. The lowest BCUT2D eigenvalue weighted by atomic mass is 10.1. The van der Waals surface area contributed by atoms with Crippen molar-refractivity contribution < 1.29 is 4.39 Å². The number of guanidine groups is 2. The van der Waals surface area contributed by atoms with E-state index in [0.717, 1.165) is 31.5 Å². The molecule has 0 radical (unpaired) electrons. The summed E-state index contributed by atoms with van der Waals surface area (Å²) in [6.45, 7) is 2.37. The molecule has 21 heavy (non-hydrogen) atoms. The Kier molecular flexibility index (Phi) is 6.94. The second-order valence-corrected chi connectivity index (χ2v) is 4.78. The molecule has 1 fully saturated rings. The van der Waals surface area contributed by atoms with Crippen LogP contribution in [-0.2, 0) is 6.42 Å². The van der Waals surface area contributed by atoms with Crippen LogP contribution in [-0.4, -0.2) is 36.5 Å². The summed E-state index contributed by atoms with van der Waals surface area (Å²) in [4.78, 5) is 10.3. The Morgan fingerprint density at radius 1 is 1.14 bits per heavy atom. The molecule has 0 amide bonds. The van der Waals surface area contributed by atoms with Crippen LogP contribution in [0.4, 0.5) is 4.39 Å². The quantitative estimate of drug-likeness (QED) is 0.656. The molecular formula is C14H21ClFN5. The average Bonchev–Trinajstić information content (AvgIpc) is 2.95. The Morgan fingerprint density at radius 3 is 2.38 bits per heavy atom. The molecule has 0 aromatic heterocycles. The summed E-state index contributed by atoms with van der Waals surface area (Å²) in [5, 5.41) is 0. The van der Waals surface area contributed by atoms with E-state index in [9.17, 15) is 4.39 Å². The first-order valence-electron chi connectivity index (χ1n) is 6.78. The molecule has 116 valence electrons. The maximum Gasteiger partial charge on any atom is 0.218 e. The Hall–Kier alpha value is -1.82. The van der Waals surface area contributed by atoms with E-state index in [-0.39, 0.29) is 24.2 Å². The van der Waals surface area contributed by atoms with E-state index in [0.29, 0.717) is 18.9 Å². The molecule has 1 saturated heterocycles. The third-order valence-electron chi connectivity index (χ3n) is 3.25. The highest BCUT2D eigenvalue weighted by Crippen LogP contribution is 2.06. The first-order valence-corrected chi connectivity index (χ1v) is 6.78. The van der Waals surface area contributed by atoms with Crippen LogP contribution in [0.15, 0.2) is 34.3 Å². The van der Waals surface area contributed by atoms with Gasteiger partial charge in [-0.25, -0.2) is 4.39 Å². The van der Waals surface area contributed by atoms with Gasteiger partial charge < -0.3 is 16.4 Å². The number of hydrogen-bond acceptors (Lipinski definition) is 1. The number of aliphatic imine (C=N–C) groups is 2. The van der Waals surface area contributed by atoms with Crippen molar-refractivity contribution in [2.75, 3.05) is 19.6 Å². The molecule has 5 nitrogen and oxygen atoms in total. The summed E-state index contributed by atoms with van der Waals surface area (Å²) >= 11 is 0. The van der Waals surface area contributed by atoms with Gasteiger partial charge in [-0.05, 0) is 37.0 Å². The van der Waals surface area contributed by atoms with Crippen LogP contribution in [0.25, 0.3) is 0 Å². The molecule has 7 heteroatoms. The average molecular weight is 314 g/mol. The third-order valence-corrected chi connectivity index (χ3v) is 3.25. The second-order valence-electron chi connectivity index (χ2n) is 4.78. The van der Waals surface area contributed by atoms with Crippen LogP contribution in [0.5, 0.6) is 0 Å². The molecule has 1 heterocycles. The molecule has 0 spiro atoms. The Bertz CT molecular complexity index is 495. The van der Waals surface area contributed by atoms with Gasteiger partial charge >= 0.3 is 0 Å². The zero-order chi connectivity index (χ0) is 14.4. The van der Waals surface area contributed by atoms with E-state index in [4.69, 9.17) is 11.5 Å². The molecule has 0 saturated carbocycles. The van der Waals surface area contributed by atoms with Gasteiger partial charge in [0.25, 0.3) is 0 Å². The summed E-state index contributed by atoms with van der Waals surface area (Å²) in [5.41, 5.74) is 12.6. The zero-order valence-electron chi connectivity index (χ0n) is 11.8. The summed E-state index contributed by atoms with van der Waals surface area (Å²) in [6.07, 6.45) is 2.97. The van der Waals surface area contributed by atoms with E-state index in [2.05, 4.69) is 9.98 Å². The SMILES string of the molecule is Cl.NC(=NCCc1ccc(F)cc1)N=C(N)N1CCCC1. The van der Waals surface area contributed by atoms with Gasteiger partial charge in [-0.2, -0.15) is 4.99 Å². The Balaban J connectivity index is 0.00000220. The molecule has 0 aliphatic carbocycles. The highest BCUT2D eigenvalue weighted by molar-refractivity contribution is 5.93. The van der Waals surface area contributed by atoms with E-state index in [1.807, 2.05) is 4.90 Å². The standard InChI is InChI=1S/C14H20FN5.ClH/c15-12-5-3-11(4-6-12)7-8-18-13(16)19-14(17)20-9-1-2-10-20;/h3-6H,1-2,7-10H2,(H4,16,17,18,19);1H. The number of rotatable bonds is 3. The largest absolute Gasteiger partial charge is 0.369 e. The smallest absolute Gasteiger partial charge is 0.218 e. The lowest BCUT2D eigenvalue weighted by molar-refractivity contribution is 0.514. The van der Waals surface area contributed by atoms with Crippen molar-refractivity contribution in [3.8, 4) is 0 Å². The van der Waals surface area contributed by atoms with Gasteiger partial charge in [0.2, 0.25) is 5.96 Å². The summed E-state index contributed by atoms with van der Waals surface area (Å²) in [5.74, 6) is 0.391. The fourth-order valence-corrected chi connectivity index (χ4v) is 2.12. The van der Waals surface area contributed by atoms with E-state index < -0.39 is 0 Å². The number of nitrogens with zero attached hydrogens (tertiary/aromatic N) is 3. The van der Waals surface area contributed by atoms with Gasteiger partial charge in [-0.3, -0.25) is 4.99 Å². The maximum atomic E-state index is 12.7. The topological polar surface area (TPSA) is 80.0 Å². The van der Waals surface area contributed by atoms with Gasteiger partial charge in [0, 0.05) is 19.6 Å². The van der Waals surface area contributed by atoms with Crippen LogP contribution < -0.4 is 11.5 Å². The Morgan fingerprint density at radius 2 is 1.76 bits per heavy atom. The monoisotopic (exact) mass is 313 g/mol. The molecule has 0 atom stereocenters. The van der Waals surface area contributed by atoms with Crippen molar-refractivity contribution >= 4 is 24.3 Å². The van der Waals surface area contributed by atoms with E-state index in [1.54, 1.807) is 12.1 Å². The van der Waals surface area contributed by atoms with Gasteiger partial charge in [0.15, 0.2) is 5.96 Å². The van der Waals surface area contributed by atoms with Gasteiger partial charge in [0.1, 0.15) is 5.82 Å². The first-order chi connectivity index (χ1) is 9.65. The first kappa shape index (κ1) is 17.2. The molecule has 1 aliphatic rings. The minimum atomic E-state index is -0.236. The van der Waals surface area contributed by atoms with Crippen LogP contribution in [0.1, 0.15) is 18.4 Å².